The summed E-state index contributed by atoms with van der Waals surface area (Å²) in [6.45, 7) is 4.36. The van der Waals surface area contributed by atoms with Crippen LogP contribution in [0.25, 0.3) is 0 Å². The van der Waals surface area contributed by atoms with E-state index in [1.165, 1.54) is 0 Å². The highest BCUT2D eigenvalue weighted by Crippen LogP contribution is 2.35. The number of para-hydroxylation sites is 3. The Morgan fingerprint density at radius 2 is 1.82 bits per heavy atom. The lowest BCUT2D eigenvalue weighted by Gasteiger charge is -2.39. The highest BCUT2D eigenvalue weighted by molar-refractivity contribution is 5.94. The average Bonchev–Trinajstić information content (AvgIpc) is 2.87. The van der Waals surface area contributed by atoms with Gasteiger partial charge >= 0.3 is 6.03 Å². The van der Waals surface area contributed by atoms with Crippen LogP contribution in [0, 0.1) is 5.92 Å². The Kier molecular flexibility index (Phi) is 7.37. The zero-order valence-electron chi connectivity index (χ0n) is 19.5. The quantitative estimate of drug-likeness (QED) is 0.724. The molecule has 33 heavy (non-hydrogen) atoms. The number of likely N-dealkylation sites (tertiary alicyclic amines) is 1. The summed E-state index contributed by atoms with van der Waals surface area (Å²) in [5.41, 5.74) is 1.90. The van der Waals surface area contributed by atoms with Gasteiger partial charge in [-0.05, 0) is 49.4 Å². The van der Waals surface area contributed by atoms with Crippen LogP contribution in [-0.2, 0) is 11.2 Å². The maximum Gasteiger partial charge on any atom is 0.324 e. The van der Waals surface area contributed by atoms with Gasteiger partial charge in [-0.2, -0.15) is 0 Å². The molecule has 4 rings (SSSR count). The Hall–Kier alpha value is -3.22. The Morgan fingerprint density at radius 3 is 2.58 bits per heavy atom. The predicted octanol–water partition coefficient (Wildman–Crippen LogP) is 3.86. The molecule has 0 aliphatic carbocycles. The van der Waals surface area contributed by atoms with E-state index >= 15 is 0 Å². The number of carbonyl (C=O) groups is 2. The first kappa shape index (κ1) is 23.0. The number of carbonyl (C=O) groups excluding carboxylic acids is 2. The number of methoxy groups -OCH3 is 1. The van der Waals surface area contributed by atoms with Crippen LogP contribution < -0.4 is 19.7 Å². The van der Waals surface area contributed by atoms with Crippen LogP contribution in [0.2, 0.25) is 0 Å². The lowest BCUT2D eigenvalue weighted by Crippen LogP contribution is -2.52. The van der Waals surface area contributed by atoms with Crippen molar-refractivity contribution in [1.29, 1.82) is 0 Å². The van der Waals surface area contributed by atoms with Crippen molar-refractivity contribution in [3.8, 4) is 11.5 Å². The van der Waals surface area contributed by atoms with Gasteiger partial charge in [-0.15, -0.1) is 0 Å². The molecule has 0 spiro atoms. The van der Waals surface area contributed by atoms with Crippen molar-refractivity contribution in [2.24, 2.45) is 5.92 Å². The van der Waals surface area contributed by atoms with E-state index in [1.807, 2.05) is 58.3 Å². The maximum absolute atomic E-state index is 13.3. The molecule has 2 aliphatic heterocycles. The summed E-state index contributed by atoms with van der Waals surface area (Å²) in [6.07, 6.45) is 2.91. The Balaban J connectivity index is 1.29. The number of anilines is 1. The lowest BCUT2D eigenvalue weighted by atomic mass is 9.96. The monoisotopic (exact) mass is 451 g/mol. The number of nitrogens with zero attached hydrogens (tertiary/aromatic N) is 2. The van der Waals surface area contributed by atoms with Gasteiger partial charge in [0.2, 0.25) is 5.91 Å². The van der Waals surface area contributed by atoms with E-state index in [0.29, 0.717) is 39.0 Å². The third kappa shape index (κ3) is 5.24. The number of rotatable bonds is 6. The molecule has 2 aromatic carbocycles. The maximum atomic E-state index is 13.3. The molecular formula is C26H33N3O4. The number of urea groups is 1. The SMILES string of the molecule is CC[C@@H]1CN(C(=O)N2CCC(C(=O)NCCc3ccccc3OC)CC2)c2ccccc2O1. The van der Waals surface area contributed by atoms with Gasteiger partial charge < -0.3 is 19.7 Å². The summed E-state index contributed by atoms with van der Waals surface area (Å²) in [5, 5.41) is 3.06. The van der Waals surface area contributed by atoms with Crippen molar-refractivity contribution in [3.05, 3.63) is 54.1 Å². The van der Waals surface area contributed by atoms with E-state index in [4.69, 9.17) is 9.47 Å². The lowest BCUT2D eigenvalue weighted by molar-refractivity contribution is -0.126. The number of amides is 3. The number of benzene rings is 2. The molecule has 1 fully saturated rings. The second-order valence-electron chi connectivity index (χ2n) is 8.62. The fraction of sp³-hybridized carbons (Fsp3) is 0.462. The highest BCUT2D eigenvalue weighted by atomic mass is 16.5. The average molecular weight is 452 g/mol. The van der Waals surface area contributed by atoms with Crippen molar-refractivity contribution >= 4 is 17.6 Å². The Morgan fingerprint density at radius 1 is 1.09 bits per heavy atom. The molecule has 3 amide bonds. The molecule has 0 radical (unpaired) electrons. The molecule has 2 heterocycles. The molecule has 1 saturated heterocycles. The van der Waals surface area contributed by atoms with Gasteiger partial charge in [0.25, 0.3) is 0 Å². The van der Waals surface area contributed by atoms with Crippen LogP contribution in [0.5, 0.6) is 11.5 Å². The minimum atomic E-state index is -0.0629. The van der Waals surface area contributed by atoms with Crippen molar-refractivity contribution in [1.82, 2.24) is 10.2 Å². The minimum absolute atomic E-state index is 0.000712. The summed E-state index contributed by atoms with van der Waals surface area (Å²) in [7, 11) is 1.66. The van der Waals surface area contributed by atoms with Crippen molar-refractivity contribution in [2.45, 2.75) is 38.7 Å². The number of hydrogen-bond acceptors (Lipinski definition) is 4. The van der Waals surface area contributed by atoms with Crippen LogP contribution in [0.1, 0.15) is 31.7 Å². The Bertz CT molecular complexity index is 972. The molecule has 7 heteroatoms. The molecule has 0 bridgehead atoms. The van der Waals surface area contributed by atoms with E-state index < -0.39 is 0 Å². The molecule has 176 valence electrons. The van der Waals surface area contributed by atoms with E-state index in [-0.39, 0.29) is 24.0 Å². The molecule has 1 atom stereocenters. The van der Waals surface area contributed by atoms with Crippen LogP contribution in [0.15, 0.2) is 48.5 Å². The summed E-state index contributed by atoms with van der Waals surface area (Å²) in [6, 6.07) is 15.6. The van der Waals surface area contributed by atoms with E-state index in [9.17, 15) is 9.59 Å². The molecule has 0 saturated carbocycles. The van der Waals surface area contributed by atoms with Gasteiger partial charge in [0.05, 0.1) is 19.3 Å². The zero-order chi connectivity index (χ0) is 23.2. The first-order chi connectivity index (χ1) is 16.1. The fourth-order valence-corrected chi connectivity index (χ4v) is 4.57. The smallest absolute Gasteiger partial charge is 0.324 e. The van der Waals surface area contributed by atoms with E-state index in [1.54, 1.807) is 7.11 Å². The number of hydrogen-bond donors (Lipinski definition) is 1. The summed E-state index contributed by atoms with van der Waals surface area (Å²) in [4.78, 5) is 29.7. The number of piperidine rings is 1. The van der Waals surface area contributed by atoms with Gasteiger partial charge in [-0.1, -0.05) is 37.3 Å². The summed E-state index contributed by atoms with van der Waals surface area (Å²) >= 11 is 0. The topological polar surface area (TPSA) is 71.1 Å². The van der Waals surface area contributed by atoms with Gasteiger partial charge in [-0.25, -0.2) is 4.79 Å². The second-order valence-corrected chi connectivity index (χ2v) is 8.62. The second kappa shape index (κ2) is 10.6. The fourth-order valence-electron chi connectivity index (χ4n) is 4.57. The van der Waals surface area contributed by atoms with E-state index in [0.717, 1.165) is 35.6 Å². The zero-order valence-corrected chi connectivity index (χ0v) is 19.5. The highest BCUT2D eigenvalue weighted by Gasteiger charge is 2.34. The van der Waals surface area contributed by atoms with Crippen LogP contribution in [0.3, 0.4) is 0 Å². The number of fused-ring (bicyclic) bond motifs is 1. The van der Waals surface area contributed by atoms with Crippen molar-refractivity contribution in [2.75, 3.05) is 38.2 Å². The molecule has 0 aromatic heterocycles. The third-order valence-corrected chi connectivity index (χ3v) is 6.54. The normalized spacial score (nSPS) is 18.3. The molecule has 2 aromatic rings. The summed E-state index contributed by atoms with van der Waals surface area (Å²) in [5.74, 6) is 1.61. The number of nitrogens with one attached hydrogen (secondary N) is 1. The third-order valence-electron chi connectivity index (χ3n) is 6.54. The van der Waals surface area contributed by atoms with Gasteiger partial charge in [0, 0.05) is 25.6 Å². The Labute approximate surface area is 195 Å². The standard InChI is InChI=1S/C26H33N3O4/c1-3-21-18-29(22-9-5-7-11-24(22)33-21)26(31)28-16-13-20(14-17-28)25(30)27-15-12-19-8-4-6-10-23(19)32-2/h4-11,20-21H,3,12-18H2,1-2H3,(H,27,30)/t21-/m1/s1. The van der Waals surface area contributed by atoms with E-state index in [2.05, 4.69) is 12.2 Å². The van der Waals surface area contributed by atoms with Gasteiger partial charge in [-0.3, -0.25) is 9.69 Å². The van der Waals surface area contributed by atoms with Crippen LogP contribution >= 0.6 is 0 Å². The van der Waals surface area contributed by atoms with Crippen molar-refractivity contribution in [3.63, 3.8) is 0 Å². The van der Waals surface area contributed by atoms with Gasteiger partial charge in [0.15, 0.2) is 0 Å². The molecule has 0 unspecified atom stereocenters. The molecule has 1 N–H and O–H groups in total. The predicted molar refractivity (Wildman–Crippen MR) is 128 cm³/mol. The molecular weight excluding hydrogens is 418 g/mol. The van der Waals surface area contributed by atoms with Gasteiger partial charge in [0.1, 0.15) is 17.6 Å². The minimum Gasteiger partial charge on any atom is -0.496 e. The largest absolute Gasteiger partial charge is 0.496 e. The van der Waals surface area contributed by atoms with Crippen LogP contribution in [0.4, 0.5) is 10.5 Å². The molecule has 7 nitrogen and oxygen atoms in total. The van der Waals surface area contributed by atoms with Crippen molar-refractivity contribution < 1.29 is 19.1 Å². The van der Waals surface area contributed by atoms with Crippen LogP contribution in [-0.4, -0.2) is 56.2 Å². The first-order valence-corrected chi connectivity index (χ1v) is 11.8. The number of ether oxygens (including phenoxy) is 2. The molecule has 2 aliphatic rings. The summed E-state index contributed by atoms with van der Waals surface area (Å²) < 4.78 is 11.4. The first-order valence-electron chi connectivity index (χ1n) is 11.8.